The Balaban J connectivity index is 1.18. The fraction of sp³-hybridized carbons (Fsp3) is 0.296. The Morgan fingerprint density at radius 2 is 1.77 bits per heavy atom. The highest BCUT2D eigenvalue weighted by Gasteiger charge is 2.20. The van der Waals surface area contributed by atoms with Gasteiger partial charge in [-0.3, -0.25) is 14.8 Å². The Morgan fingerprint density at radius 1 is 1.03 bits per heavy atom. The number of amides is 1. The summed E-state index contributed by atoms with van der Waals surface area (Å²) in [5.74, 6) is 1.29. The number of anilines is 1. The minimum absolute atomic E-state index is 0.129. The molecule has 1 saturated heterocycles. The Bertz CT molecular complexity index is 1270. The molecule has 4 aromatic rings. The third kappa shape index (κ3) is 5.27. The molecule has 5 rings (SSSR count). The van der Waals surface area contributed by atoms with Crippen LogP contribution in [0.15, 0.2) is 65.2 Å². The van der Waals surface area contributed by atoms with Gasteiger partial charge < -0.3 is 14.6 Å². The lowest BCUT2D eigenvalue weighted by Gasteiger charge is -2.35. The number of nitrogens with one attached hydrogen (secondary N) is 2. The summed E-state index contributed by atoms with van der Waals surface area (Å²) in [6.45, 7) is 9.06. The van der Waals surface area contributed by atoms with Crippen LogP contribution >= 0.6 is 0 Å². The van der Waals surface area contributed by atoms with Crippen LogP contribution in [0.4, 0.5) is 5.69 Å². The highest BCUT2D eigenvalue weighted by Crippen LogP contribution is 2.24. The van der Waals surface area contributed by atoms with E-state index in [0.717, 1.165) is 61.0 Å². The molecule has 1 aliphatic heterocycles. The molecule has 1 amide bonds. The van der Waals surface area contributed by atoms with Crippen molar-refractivity contribution < 1.29 is 9.21 Å². The molecule has 2 aromatic heterocycles. The van der Waals surface area contributed by atoms with Gasteiger partial charge in [-0.05, 0) is 50.2 Å². The molecule has 0 unspecified atom stereocenters. The van der Waals surface area contributed by atoms with Gasteiger partial charge in [0.15, 0.2) is 0 Å². The summed E-state index contributed by atoms with van der Waals surface area (Å²) >= 11 is 0. The van der Waals surface area contributed by atoms with Crippen molar-refractivity contribution in [1.82, 2.24) is 25.4 Å². The lowest BCUT2D eigenvalue weighted by molar-refractivity contribution is 0.0951. The van der Waals surface area contributed by atoms with Gasteiger partial charge in [0, 0.05) is 67.3 Å². The number of carbonyl (C=O) groups excluding carboxylic acids is 1. The van der Waals surface area contributed by atoms with E-state index in [4.69, 9.17) is 9.40 Å². The lowest BCUT2D eigenvalue weighted by atomic mass is 10.1. The summed E-state index contributed by atoms with van der Waals surface area (Å²) in [4.78, 5) is 22.1. The molecular formula is C27H30N6O2. The first-order valence-electron chi connectivity index (χ1n) is 11.9. The van der Waals surface area contributed by atoms with Gasteiger partial charge >= 0.3 is 0 Å². The van der Waals surface area contributed by atoms with Gasteiger partial charge in [-0.2, -0.15) is 5.10 Å². The summed E-state index contributed by atoms with van der Waals surface area (Å²) in [6, 6.07) is 17.9. The number of aromatic nitrogens is 3. The van der Waals surface area contributed by atoms with Gasteiger partial charge in [0.2, 0.25) is 5.89 Å². The van der Waals surface area contributed by atoms with Gasteiger partial charge in [0.05, 0.1) is 11.9 Å². The highest BCUT2D eigenvalue weighted by atomic mass is 16.4. The third-order valence-corrected chi connectivity index (χ3v) is 6.53. The number of hydrogen-bond donors (Lipinski definition) is 2. The van der Waals surface area contributed by atoms with Gasteiger partial charge in [-0.15, -0.1) is 0 Å². The number of oxazole rings is 1. The van der Waals surface area contributed by atoms with Crippen molar-refractivity contribution in [3.05, 3.63) is 89.1 Å². The maximum Gasteiger partial charge on any atom is 0.251 e. The number of H-pyrrole nitrogens is 1. The van der Waals surface area contributed by atoms with Crippen LogP contribution in [0.3, 0.4) is 0 Å². The van der Waals surface area contributed by atoms with Crippen molar-refractivity contribution in [3.8, 4) is 11.5 Å². The van der Waals surface area contributed by atoms with E-state index in [9.17, 15) is 4.79 Å². The Hall–Kier alpha value is -3.91. The van der Waals surface area contributed by atoms with E-state index in [1.54, 1.807) is 18.3 Å². The SMILES string of the molecule is Cc1[nH]ncc1CNC(=O)c1ccc(-c2nc(CN3CCN(c4ccccc4)CC3)c(C)o2)cc1. The fourth-order valence-corrected chi connectivity index (χ4v) is 4.31. The van der Waals surface area contributed by atoms with E-state index in [1.807, 2.05) is 26.0 Å². The first-order chi connectivity index (χ1) is 17.1. The minimum Gasteiger partial charge on any atom is -0.441 e. The molecule has 0 radical (unpaired) electrons. The molecule has 2 aromatic carbocycles. The normalized spacial score (nSPS) is 14.3. The van der Waals surface area contributed by atoms with Crippen LogP contribution in [0.5, 0.6) is 0 Å². The molecule has 180 valence electrons. The molecule has 1 fully saturated rings. The summed E-state index contributed by atoms with van der Waals surface area (Å²) in [6.07, 6.45) is 1.73. The molecule has 2 N–H and O–H groups in total. The Labute approximate surface area is 205 Å². The molecular weight excluding hydrogens is 440 g/mol. The van der Waals surface area contributed by atoms with Crippen LogP contribution in [0.1, 0.15) is 33.1 Å². The van der Waals surface area contributed by atoms with Crippen molar-refractivity contribution in [1.29, 1.82) is 0 Å². The number of hydrogen-bond acceptors (Lipinski definition) is 6. The summed E-state index contributed by atoms with van der Waals surface area (Å²) in [5, 5.41) is 9.78. The van der Waals surface area contributed by atoms with Crippen molar-refractivity contribution >= 4 is 11.6 Å². The average molecular weight is 471 g/mol. The smallest absolute Gasteiger partial charge is 0.251 e. The molecule has 8 nitrogen and oxygen atoms in total. The van der Waals surface area contributed by atoms with Crippen molar-refractivity contribution in [3.63, 3.8) is 0 Å². The second-order valence-electron chi connectivity index (χ2n) is 8.90. The maximum absolute atomic E-state index is 12.5. The molecule has 3 heterocycles. The summed E-state index contributed by atoms with van der Waals surface area (Å²) in [7, 11) is 0. The molecule has 1 aliphatic rings. The second-order valence-corrected chi connectivity index (χ2v) is 8.90. The van der Waals surface area contributed by atoms with Crippen molar-refractivity contribution in [2.75, 3.05) is 31.1 Å². The third-order valence-electron chi connectivity index (χ3n) is 6.53. The van der Waals surface area contributed by atoms with Crippen LogP contribution < -0.4 is 10.2 Å². The Morgan fingerprint density at radius 3 is 2.46 bits per heavy atom. The van der Waals surface area contributed by atoms with Crippen LogP contribution in [0.25, 0.3) is 11.5 Å². The zero-order valence-electron chi connectivity index (χ0n) is 20.1. The standard InChI is InChI=1S/C27H30N6O2/c1-19-23(17-29-31-19)16-28-26(34)21-8-10-22(11-9-21)27-30-25(20(2)35-27)18-32-12-14-33(15-13-32)24-6-4-3-5-7-24/h3-11,17H,12-16,18H2,1-2H3,(H,28,34)(H,29,31). The quantitative estimate of drug-likeness (QED) is 0.425. The number of piperazine rings is 1. The largest absolute Gasteiger partial charge is 0.441 e. The number of para-hydroxylation sites is 1. The zero-order chi connectivity index (χ0) is 24.2. The lowest BCUT2D eigenvalue weighted by Crippen LogP contribution is -2.46. The molecule has 35 heavy (non-hydrogen) atoms. The zero-order valence-corrected chi connectivity index (χ0v) is 20.1. The molecule has 0 bridgehead atoms. The molecule has 8 heteroatoms. The van der Waals surface area contributed by atoms with E-state index in [1.165, 1.54) is 5.69 Å². The predicted octanol–water partition coefficient (Wildman–Crippen LogP) is 3.93. The van der Waals surface area contributed by atoms with Crippen LogP contribution in [0, 0.1) is 13.8 Å². The van der Waals surface area contributed by atoms with Crippen molar-refractivity contribution in [2.24, 2.45) is 0 Å². The molecule has 0 aliphatic carbocycles. The van der Waals surface area contributed by atoms with E-state index >= 15 is 0 Å². The van der Waals surface area contributed by atoms with Gasteiger partial charge in [-0.25, -0.2) is 4.98 Å². The average Bonchev–Trinajstić information content (AvgIpc) is 3.48. The number of benzene rings is 2. The monoisotopic (exact) mass is 470 g/mol. The molecule has 0 atom stereocenters. The molecule has 0 spiro atoms. The fourth-order valence-electron chi connectivity index (χ4n) is 4.31. The first kappa shape index (κ1) is 22.9. The number of aromatic amines is 1. The minimum atomic E-state index is -0.129. The van der Waals surface area contributed by atoms with E-state index in [2.05, 4.69) is 55.6 Å². The number of nitrogens with zero attached hydrogens (tertiary/aromatic N) is 4. The number of rotatable bonds is 7. The van der Waals surface area contributed by atoms with E-state index in [-0.39, 0.29) is 5.91 Å². The topological polar surface area (TPSA) is 90.3 Å². The Kier molecular flexibility index (Phi) is 6.63. The van der Waals surface area contributed by atoms with Crippen LogP contribution in [-0.2, 0) is 13.1 Å². The van der Waals surface area contributed by atoms with Crippen LogP contribution in [0.2, 0.25) is 0 Å². The number of carbonyl (C=O) groups is 1. The highest BCUT2D eigenvalue weighted by molar-refractivity contribution is 5.94. The van der Waals surface area contributed by atoms with Crippen LogP contribution in [-0.4, -0.2) is 52.2 Å². The van der Waals surface area contributed by atoms with Gasteiger partial charge in [-0.1, -0.05) is 18.2 Å². The molecule has 0 saturated carbocycles. The summed E-state index contributed by atoms with van der Waals surface area (Å²) in [5.41, 5.74) is 5.62. The van der Waals surface area contributed by atoms with Gasteiger partial charge in [0.25, 0.3) is 5.91 Å². The first-order valence-corrected chi connectivity index (χ1v) is 11.9. The van der Waals surface area contributed by atoms with Crippen molar-refractivity contribution in [2.45, 2.75) is 26.9 Å². The van der Waals surface area contributed by atoms with Gasteiger partial charge in [0.1, 0.15) is 5.76 Å². The second kappa shape index (κ2) is 10.1. The predicted molar refractivity (Wildman–Crippen MR) is 135 cm³/mol. The maximum atomic E-state index is 12.5. The number of aryl methyl sites for hydroxylation is 2. The van der Waals surface area contributed by atoms with E-state index in [0.29, 0.717) is 18.0 Å². The van der Waals surface area contributed by atoms with E-state index < -0.39 is 0 Å². The summed E-state index contributed by atoms with van der Waals surface area (Å²) < 4.78 is 5.98.